The molecule has 6 rings (SSSR count). The molecule has 4 aliphatic rings. The zero-order valence-corrected chi connectivity index (χ0v) is 33.8. The van der Waals surface area contributed by atoms with E-state index in [1.165, 1.54) is 19.3 Å². The van der Waals surface area contributed by atoms with Gasteiger partial charge in [0.2, 0.25) is 0 Å². The van der Waals surface area contributed by atoms with E-state index in [-0.39, 0.29) is 6.61 Å². The van der Waals surface area contributed by atoms with E-state index in [1.54, 1.807) is 73.0 Å². The van der Waals surface area contributed by atoms with Crippen LogP contribution in [0.4, 0.5) is 5.69 Å². The SMILES string of the molecule is CC(C)(C)OP(=O)(CP(=O)(OC(C)(C)C)OC(C)(C)C)OC[C@H]1O[C@@H](c2ncc3c(N4CC5CCCC5C4)cc(Cl)nn23)[C@@H]2OC(C)(C)O[C@@H]21. The lowest BCUT2D eigenvalue weighted by Crippen LogP contribution is -2.33. The molecule has 13 nitrogen and oxygen atoms in total. The third kappa shape index (κ3) is 8.81. The van der Waals surface area contributed by atoms with Gasteiger partial charge in [0.1, 0.15) is 29.9 Å². The molecule has 5 heterocycles. The number of anilines is 1. The number of hydrogen-bond donors (Lipinski definition) is 0. The summed E-state index contributed by atoms with van der Waals surface area (Å²) < 4.78 is 74.0. The highest BCUT2D eigenvalue weighted by Gasteiger charge is 2.58. The molecule has 0 spiro atoms. The summed E-state index contributed by atoms with van der Waals surface area (Å²) >= 11 is 6.64. The highest BCUT2D eigenvalue weighted by Crippen LogP contribution is 2.68. The number of ether oxygens (including phenoxy) is 3. The molecule has 3 unspecified atom stereocenters. The fourth-order valence-electron chi connectivity index (χ4n) is 7.68. The number of aromatic nitrogens is 3. The molecule has 282 valence electrons. The molecule has 0 radical (unpaired) electrons. The van der Waals surface area contributed by atoms with E-state index < -0.39 is 68.1 Å². The van der Waals surface area contributed by atoms with Crippen LogP contribution >= 0.6 is 26.8 Å². The van der Waals surface area contributed by atoms with Crippen LogP contribution in [0.3, 0.4) is 0 Å². The topological polar surface area (TPSA) is 132 Å². The smallest absolute Gasteiger partial charge is 0.343 e. The summed E-state index contributed by atoms with van der Waals surface area (Å²) in [6.07, 6.45) is 2.97. The number of halogens is 1. The van der Waals surface area contributed by atoms with Gasteiger partial charge >= 0.3 is 15.2 Å². The van der Waals surface area contributed by atoms with E-state index in [2.05, 4.69) is 10.00 Å². The lowest BCUT2D eigenvalue weighted by molar-refractivity contribution is -0.191. The van der Waals surface area contributed by atoms with Gasteiger partial charge in [0.25, 0.3) is 0 Å². The molecule has 0 aromatic carbocycles. The van der Waals surface area contributed by atoms with Gasteiger partial charge in [-0.05, 0) is 101 Å². The van der Waals surface area contributed by atoms with Crippen LogP contribution in [-0.4, -0.2) is 81.1 Å². The van der Waals surface area contributed by atoms with Crippen molar-refractivity contribution in [2.75, 3.05) is 30.5 Å². The molecule has 1 aliphatic carbocycles. The zero-order valence-electron chi connectivity index (χ0n) is 31.3. The molecular formula is C34H55ClN4O9P2. The Morgan fingerprint density at radius 3 is 2.04 bits per heavy atom. The van der Waals surface area contributed by atoms with Crippen LogP contribution in [0.1, 0.15) is 107 Å². The van der Waals surface area contributed by atoms with E-state index in [4.69, 9.17) is 48.9 Å². The normalized spacial score (nSPS) is 29.9. The van der Waals surface area contributed by atoms with Crippen LogP contribution in [-0.2, 0) is 41.4 Å². The van der Waals surface area contributed by atoms with Gasteiger partial charge in [-0.2, -0.15) is 5.10 Å². The molecule has 7 atom stereocenters. The first kappa shape index (κ1) is 38.6. The first-order valence-corrected chi connectivity index (χ1v) is 21.5. The van der Waals surface area contributed by atoms with Gasteiger partial charge < -0.3 is 37.2 Å². The molecule has 3 aliphatic heterocycles. The molecule has 2 aromatic heterocycles. The highest BCUT2D eigenvalue weighted by molar-refractivity contribution is 7.71. The quantitative estimate of drug-likeness (QED) is 0.216. The van der Waals surface area contributed by atoms with Crippen molar-refractivity contribution >= 4 is 38.0 Å². The van der Waals surface area contributed by atoms with E-state index in [0.29, 0.717) is 22.8 Å². The third-order valence-corrected chi connectivity index (χ3v) is 14.9. The fourth-order valence-corrected chi connectivity index (χ4v) is 13.5. The van der Waals surface area contributed by atoms with Gasteiger partial charge in [-0.1, -0.05) is 18.0 Å². The molecule has 50 heavy (non-hydrogen) atoms. The summed E-state index contributed by atoms with van der Waals surface area (Å²) in [6.45, 7) is 21.2. The molecule has 3 saturated heterocycles. The molecule has 0 bridgehead atoms. The largest absolute Gasteiger partial charge is 0.369 e. The Morgan fingerprint density at radius 1 is 0.900 bits per heavy atom. The van der Waals surface area contributed by atoms with Crippen LogP contribution in [0.15, 0.2) is 12.3 Å². The maximum atomic E-state index is 14.6. The van der Waals surface area contributed by atoms with Crippen molar-refractivity contribution in [3.63, 3.8) is 0 Å². The van der Waals surface area contributed by atoms with Crippen molar-refractivity contribution < 1.29 is 41.4 Å². The number of nitrogens with zero attached hydrogens (tertiary/aromatic N) is 4. The van der Waals surface area contributed by atoms with Crippen molar-refractivity contribution in [1.82, 2.24) is 14.6 Å². The van der Waals surface area contributed by atoms with E-state index >= 15 is 0 Å². The summed E-state index contributed by atoms with van der Waals surface area (Å²) in [5.74, 6) is 0.379. The first-order chi connectivity index (χ1) is 22.9. The van der Waals surface area contributed by atoms with Crippen molar-refractivity contribution in [3.8, 4) is 0 Å². The monoisotopic (exact) mass is 760 g/mol. The third-order valence-electron chi connectivity index (χ3n) is 8.97. The first-order valence-electron chi connectivity index (χ1n) is 17.7. The fraction of sp³-hybridized carbons (Fsp3) is 0.824. The number of imidazole rings is 1. The van der Waals surface area contributed by atoms with Gasteiger partial charge in [-0.3, -0.25) is 9.13 Å². The molecule has 0 amide bonds. The Labute approximate surface area is 301 Å². The predicted molar refractivity (Wildman–Crippen MR) is 191 cm³/mol. The average molecular weight is 761 g/mol. The second kappa shape index (κ2) is 13.3. The highest BCUT2D eigenvalue weighted by atomic mass is 35.5. The lowest BCUT2D eigenvalue weighted by Gasteiger charge is -2.35. The Kier molecular flexibility index (Phi) is 10.3. The van der Waals surface area contributed by atoms with Gasteiger partial charge in [0.05, 0.1) is 35.3 Å². The maximum Gasteiger partial charge on any atom is 0.343 e. The summed E-state index contributed by atoms with van der Waals surface area (Å²) in [4.78, 5) is 7.20. The van der Waals surface area contributed by atoms with Crippen molar-refractivity contribution in [3.05, 3.63) is 23.2 Å². The molecule has 16 heteroatoms. The number of hydrogen-bond acceptors (Lipinski definition) is 12. The van der Waals surface area contributed by atoms with E-state index in [9.17, 15) is 9.13 Å². The minimum absolute atomic E-state index is 0.213. The summed E-state index contributed by atoms with van der Waals surface area (Å²) in [7, 11) is -8.18. The van der Waals surface area contributed by atoms with Gasteiger partial charge in [0.15, 0.2) is 22.7 Å². The van der Waals surface area contributed by atoms with Crippen LogP contribution in [0.2, 0.25) is 5.15 Å². The van der Waals surface area contributed by atoms with Crippen LogP contribution in [0, 0.1) is 11.8 Å². The predicted octanol–water partition coefficient (Wildman–Crippen LogP) is 8.38. The number of rotatable bonds is 10. The standard InChI is InChI=1S/C34H55ClN4O9P2/c1-31(2,3)46-49(40,20-50(41,47-32(4,5)6)48-33(7,8)9)42-19-25-27-28(45-34(10,11)44-27)29(43-25)30-36-16-24-23(15-26(35)37-39(24)30)38-17-21-13-12-14-22(21)18-38/h15-16,21-22,25,27-29H,12-14,17-20H2,1-11H3/t21?,22?,25-,27-,28-,29-,49?/m1/s1. The molecule has 2 aromatic rings. The summed E-state index contributed by atoms with van der Waals surface area (Å²) in [5, 5.41) is 4.99. The average Bonchev–Trinajstić information content (AvgIpc) is 3.69. The van der Waals surface area contributed by atoms with Gasteiger partial charge in [-0.15, -0.1) is 0 Å². The summed E-state index contributed by atoms with van der Waals surface area (Å²) in [5.41, 5.74) is -0.804. The van der Waals surface area contributed by atoms with E-state index in [0.717, 1.165) is 24.3 Å². The Morgan fingerprint density at radius 2 is 1.46 bits per heavy atom. The number of fused-ring (bicyclic) bond motifs is 3. The zero-order chi connectivity index (χ0) is 36.7. The van der Waals surface area contributed by atoms with Crippen LogP contribution in [0.25, 0.3) is 5.52 Å². The van der Waals surface area contributed by atoms with Crippen molar-refractivity contribution in [2.45, 2.75) is 142 Å². The Balaban J connectivity index is 1.28. The summed E-state index contributed by atoms with van der Waals surface area (Å²) in [6, 6.07) is 1.91. The second-order valence-electron chi connectivity index (χ2n) is 17.6. The molecule has 1 saturated carbocycles. The molecular weight excluding hydrogens is 706 g/mol. The molecule has 4 fully saturated rings. The minimum atomic E-state index is -4.15. The van der Waals surface area contributed by atoms with Crippen LogP contribution < -0.4 is 4.90 Å². The molecule has 0 N–H and O–H groups in total. The van der Waals surface area contributed by atoms with E-state index in [1.807, 2.05) is 19.9 Å². The minimum Gasteiger partial charge on any atom is -0.369 e. The maximum absolute atomic E-state index is 14.6. The lowest BCUT2D eigenvalue weighted by atomic mass is 10.0. The van der Waals surface area contributed by atoms with Gasteiger partial charge in [0, 0.05) is 19.2 Å². The van der Waals surface area contributed by atoms with Gasteiger partial charge in [-0.25, -0.2) is 9.50 Å². The Bertz CT molecular complexity index is 1630. The van der Waals surface area contributed by atoms with Crippen molar-refractivity contribution in [2.24, 2.45) is 11.8 Å². The van der Waals surface area contributed by atoms with Crippen molar-refractivity contribution in [1.29, 1.82) is 0 Å². The Hall–Kier alpha value is -1.11. The second-order valence-corrected chi connectivity index (χ2v) is 22.3. The van der Waals surface area contributed by atoms with Crippen LogP contribution in [0.5, 0.6) is 0 Å².